The molecule has 8 heteroatoms. The van der Waals surface area contributed by atoms with Gasteiger partial charge in [-0.05, 0) is 19.1 Å². The van der Waals surface area contributed by atoms with Gasteiger partial charge in [-0.25, -0.2) is 8.42 Å². The van der Waals surface area contributed by atoms with Gasteiger partial charge in [0.25, 0.3) is 0 Å². The molecule has 0 aliphatic carbocycles. The summed E-state index contributed by atoms with van der Waals surface area (Å²) in [6, 6.07) is 6.14. The van der Waals surface area contributed by atoms with Crippen LogP contribution in [0.1, 0.15) is 6.92 Å². The fraction of sp³-hybridized carbons (Fsp3) is 0.500. The van der Waals surface area contributed by atoms with E-state index in [1.807, 2.05) is 0 Å². The molecule has 0 aromatic heterocycles. The maximum absolute atomic E-state index is 12.7. The average Bonchev–Trinajstić information content (AvgIpc) is 2.47. The Balaban J connectivity index is 2.38. The summed E-state index contributed by atoms with van der Waals surface area (Å²) in [5.41, 5.74) is 2.73. The summed E-state index contributed by atoms with van der Waals surface area (Å²) in [5, 5.41) is 9.15. The molecule has 0 saturated carbocycles. The van der Waals surface area contributed by atoms with Crippen LogP contribution >= 0.6 is 0 Å². The first-order valence-corrected chi connectivity index (χ1v) is 7.74. The van der Waals surface area contributed by atoms with E-state index in [2.05, 4.69) is 5.43 Å². The number of benzene rings is 1. The summed E-state index contributed by atoms with van der Waals surface area (Å²) in [6.07, 6.45) is -0.501. The molecule has 1 aliphatic heterocycles. The van der Waals surface area contributed by atoms with E-state index in [1.54, 1.807) is 25.1 Å². The average molecular weight is 301 g/mol. The number of para-hydroxylation sites is 1. The molecule has 112 valence electrons. The molecule has 1 fully saturated rings. The van der Waals surface area contributed by atoms with Crippen LogP contribution in [0.4, 0.5) is 5.69 Å². The van der Waals surface area contributed by atoms with Gasteiger partial charge in [0, 0.05) is 12.6 Å². The van der Waals surface area contributed by atoms with Crippen molar-refractivity contribution < 1.29 is 18.3 Å². The molecule has 7 nitrogen and oxygen atoms in total. The minimum atomic E-state index is -3.70. The van der Waals surface area contributed by atoms with Gasteiger partial charge in [0.05, 0.1) is 25.0 Å². The zero-order chi connectivity index (χ0) is 14.8. The normalized spacial score (nSPS) is 24.6. The molecule has 1 saturated heterocycles. The van der Waals surface area contributed by atoms with Crippen LogP contribution in [0.3, 0.4) is 0 Å². The summed E-state index contributed by atoms with van der Waals surface area (Å²) >= 11 is 0. The highest BCUT2D eigenvalue weighted by Crippen LogP contribution is 2.27. The summed E-state index contributed by atoms with van der Waals surface area (Å²) in [6.45, 7) is 1.93. The SMILES string of the molecule is CC1COC(CO)CN1S(=O)(=O)c1ccccc1NN. The van der Waals surface area contributed by atoms with E-state index in [-0.39, 0.29) is 30.7 Å². The molecule has 0 bridgehead atoms. The molecule has 2 atom stereocenters. The first-order valence-electron chi connectivity index (χ1n) is 6.30. The predicted octanol–water partition coefficient (Wildman–Crippen LogP) is -0.257. The largest absolute Gasteiger partial charge is 0.394 e. The number of aliphatic hydroxyl groups is 1. The van der Waals surface area contributed by atoms with E-state index in [4.69, 9.17) is 15.7 Å². The maximum Gasteiger partial charge on any atom is 0.245 e. The number of hydrogen-bond acceptors (Lipinski definition) is 6. The lowest BCUT2D eigenvalue weighted by molar-refractivity contribution is -0.0516. The van der Waals surface area contributed by atoms with E-state index < -0.39 is 16.1 Å². The molecule has 4 N–H and O–H groups in total. The minimum Gasteiger partial charge on any atom is -0.394 e. The highest BCUT2D eigenvalue weighted by Gasteiger charge is 2.36. The Hall–Kier alpha value is -1.19. The Morgan fingerprint density at radius 3 is 2.85 bits per heavy atom. The van der Waals surface area contributed by atoms with Crippen LogP contribution in [-0.4, -0.2) is 49.7 Å². The first-order chi connectivity index (χ1) is 9.50. The van der Waals surface area contributed by atoms with Crippen molar-refractivity contribution in [3.8, 4) is 0 Å². The van der Waals surface area contributed by atoms with Gasteiger partial charge in [-0.15, -0.1) is 0 Å². The van der Waals surface area contributed by atoms with Crippen molar-refractivity contribution in [3.05, 3.63) is 24.3 Å². The number of nitrogen functional groups attached to an aromatic ring is 1. The lowest BCUT2D eigenvalue weighted by atomic mass is 10.2. The number of nitrogens with one attached hydrogen (secondary N) is 1. The zero-order valence-electron chi connectivity index (χ0n) is 11.2. The van der Waals surface area contributed by atoms with Gasteiger partial charge < -0.3 is 15.3 Å². The van der Waals surface area contributed by atoms with Gasteiger partial charge in [0.2, 0.25) is 10.0 Å². The third kappa shape index (κ3) is 2.79. The van der Waals surface area contributed by atoms with Crippen LogP contribution in [0.5, 0.6) is 0 Å². The van der Waals surface area contributed by atoms with E-state index >= 15 is 0 Å². The van der Waals surface area contributed by atoms with Crippen LogP contribution in [0.15, 0.2) is 29.2 Å². The number of nitrogens with two attached hydrogens (primary N) is 1. The van der Waals surface area contributed by atoms with Crippen molar-refractivity contribution in [1.82, 2.24) is 4.31 Å². The van der Waals surface area contributed by atoms with Crippen molar-refractivity contribution >= 4 is 15.7 Å². The summed E-state index contributed by atoms with van der Waals surface area (Å²) in [5.74, 6) is 5.37. The highest BCUT2D eigenvalue weighted by molar-refractivity contribution is 7.89. The van der Waals surface area contributed by atoms with Crippen LogP contribution in [0, 0.1) is 0 Å². The molecule has 1 aromatic carbocycles. The second-order valence-electron chi connectivity index (χ2n) is 4.70. The second-order valence-corrected chi connectivity index (χ2v) is 6.56. The predicted molar refractivity (Wildman–Crippen MR) is 74.4 cm³/mol. The smallest absolute Gasteiger partial charge is 0.245 e. The third-order valence-corrected chi connectivity index (χ3v) is 5.32. The van der Waals surface area contributed by atoms with Crippen molar-refractivity contribution in [1.29, 1.82) is 0 Å². The van der Waals surface area contributed by atoms with Crippen LogP contribution in [-0.2, 0) is 14.8 Å². The van der Waals surface area contributed by atoms with E-state index in [0.29, 0.717) is 5.69 Å². The highest BCUT2D eigenvalue weighted by atomic mass is 32.2. The number of anilines is 1. The Bertz CT molecular complexity index is 564. The second kappa shape index (κ2) is 6.06. The number of sulfonamides is 1. The number of rotatable bonds is 4. The third-order valence-electron chi connectivity index (χ3n) is 3.28. The zero-order valence-corrected chi connectivity index (χ0v) is 12.0. The number of nitrogens with zero attached hydrogens (tertiary/aromatic N) is 1. The van der Waals surface area contributed by atoms with Crippen LogP contribution < -0.4 is 11.3 Å². The van der Waals surface area contributed by atoms with Crippen LogP contribution in [0.25, 0.3) is 0 Å². The van der Waals surface area contributed by atoms with Crippen molar-refractivity contribution in [3.63, 3.8) is 0 Å². The molecule has 2 unspecified atom stereocenters. The van der Waals surface area contributed by atoms with E-state index in [0.717, 1.165) is 0 Å². The lowest BCUT2D eigenvalue weighted by Gasteiger charge is -2.36. The molecule has 1 aromatic rings. The lowest BCUT2D eigenvalue weighted by Crippen LogP contribution is -2.51. The van der Waals surface area contributed by atoms with Gasteiger partial charge in [0.15, 0.2) is 0 Å². The molecule has 0 amide bonds. The fourth-order valence-electron chi connectivity index (χ4n) is 2.17. The molecule has 2 rings (SSSR count). The summed E-state index contributed by atoms with van der Waals surface area (Å²) in [7, 11) is -3.70. The monoisotopic (exact) mass is 301 g/mol. The molecular formula is C12H19N3O4S. The van der Waals surface area contributed by atoms with Gasteiger partial charge in [-0.3, -0.25) is 5.84 Å². The van der Waals surface area contributed by atoms with Gasteiger partial charge >= 0.3 is 0 Å². The fourth-order valence-corrected chi connectivity index (χ4v) is 3.98. The standard InChI is InChI=1S/C12H19N3O4S/c1-9-8-19-10(7-16)6-15(9)20(17,18)12-5-3-2-4-11(12)14-13/h2-5,9-10,14,16H,6-8,13H2,1H3. The number of morpholine rings is 1. The summed E-state index contributed by atoms with van der Waals surface area (Å²) < 4.78 is 32.2. The van der Waals surface area contributed by atoms with Gasteiger partial charge in [0.1, 0.15) is 4.90 Å². The molecule has 0 radical (unpaired) electrons. The molecule has 1 aliphatic rings. The molecule has 20 heavy (non-hydrogen) atoms. The quantitative estimate of drug-likeness (QED) is 0.523. The first kappa shape index (κ1) is 15.2. The number of hydrogen-bond donors (Lipinski definition) is 3. The molecule has 1 heterocycles. The molecular weight excluding hydrogens is 282 g/mol. The number of ether oxygens (including phenoxy) is 1. The van der Waals surface area contributed by atoms with E-state index in [9.17, 15) is 8.42 Å². The van der Waals surface area contributed by atoms with E-state index in [1.165, 1.54) is 10.4 Å². The molecule has 0 spiro atoms. The summed E-state index contributed by atoms with van der Waals surface area (Å²) in [4.78, 5) is 0.118. The topological polar surface area (TPSA) is 105 Å². The van der Waals surface area contributed by atoms with Crippen molar-refractivity contribution in [2.45, 2.75) is 24.0 Å². The Labute approximate surface area is 118 Å². The number of aliphatic hydroxyl groups excluding tert-OH is 1. The van der Waals surface area contributed by atoms with Gasteiger partial charge in [-0.2, -0.15) is 4.31 Å². The van der Waals surface area contributed by atoms with Crippen molar-refractivity contribution in [2.75, 3.05) is 25.2 Å². The van der Waals surface area contributed by atoms with Gasteiger partial charge in [-0.1, -0.05) is 12.1 Å². The minimum absolute atomic E-state index is 0.118. The number of hydrazine groups is 1. The Kier molecular flexibility index (Phi) is 4.61. The maximum atomic E-state index is 12.7. The van der Waals surface area contributed by atoms with Crippen molar-refractivity contribution in [2.24, 2.45) is 5.84 Å². The Morgan fingerprint density at radius 1 is 1.50 bits per heavy atom. The Morgan fingerprint density at radius 2 is 2.20 bits per heavy atom. The van der Waals surface area contributed by atoms with Crippen LogP contribution in [0.2, 0.25) is 0 Å².